The first-order valence-corrected chi connectivity index (χ1v) is 7.42. The Morgan fingerprint density at radius 1 is 1.11 bits per heavy atom. The average Bonchev–Trinajstić information content (AvgIpc) is 2.39. The SMILES string of the molecule is CC1CCCC(Nc2ncnc3c2CCCC3)C1. The summed E-state index contributed by atoms with van der Waals surface area (Å²) < 4.78 is 0. The van der Waals surface area contributed by atoms with E-state index in [0.29, 0.717) is 6.04 Å². The Labute approximate surface area is 109 Å². The first-order chi connectivity index (χ1) is 8.83. The predicted octanol–water partition coefficient (Wildman–Crippen LogP) is 3.35. The van der Waals surface area contributed by atoms with Crippen molar-refractivity contribution in [3.63, 3.8) is 0 Å². The molecule has 0 aliphatic heterocycles. The number of rotatable bonds is 2. The Balaban J connectivity index is 1.76. The molecule has 18 heavy (non-hydrogen) atoms. The Kier molecular flexibility index (Phi) is 3.48. The van der Waals surface area contributed by atoms with E-state index in [1.165, 1.54) is 49.8 Å². The summed E-state index contributed by atoms with van der Waals surface area (Å²) in [5.41, 5.74) is 2.67. The van der Waals surface area contributed by atoms with Gasteiger partial charge in [-0.05, 0) is 44.4 Å². The molecule has 2 atom stereocenters. The molecule has 0 bridgehead atoms. The fourth-order valence-corrected chi connectivity index (χ4v) is 3.40. The zero-order valence-corrected chi connectivity index (χ0v) is 11.3. The van der Waals surface area contributed by atoms with Crippen LogP contribution in [0.15, 0.2) is 6.33 Å². The quantitative estimate of drug-likeness (QED) is 0.868. The molecular formula is C15H23N3. The fourth-order valence-electron chi connectivity index (χ4n) is 3.40. The van der Waals surface area contributed by atoms with Crippen LogP contribution >= 0.6 is 0 Å². The van der Waals surface area contributed by atoms with Gasteiger partial charge in [0.15, 0.2) is 0 Å². The molecular weight excluding hydrogens is 222 g/mol. The molecule has 1 heterocycles. The molecule has 2 unspecified atom stereocenters. The third-order valence-electron chi connectivity index (χ3n) is 4.40. The zero-order chi connectivity index (χ0) is 12.4. The number of hydrogen-bond donors (Lipinski definition) is 1. The van der Waals surface area contributed by atoms with Crippen molar-refractivity contribution >= 4 is 5.82 Å². The summed E-state index contributed by atoms with van der Waals surface area (Å²) in [4.78, 5) is 8.93. The van der Waals surface area contributed by atoms with Gasteiger partial charge in [-0.25, -0.2) is 9.97 Å². The van der Waals surface area contributed by atoms with Gasteiger partial charge in [-0.1, -0.05) is 19.8 Å². The molecule has 0 spiro atoms. The summed E-state index contributed by atoms with van der Waals surface area (Å²) in [6.45, 7) is 2.36. The van der Waals surface area contributed by atoms with E-state index in [0.717, 1.165) is 24.6 Å². The van der Waals surface area contributed by atoms with Crippen LogP contribution in [0.2, 0.25) is 0 Å². The summed E-state index contributed by atoms with van der Waals surface area (Å²) in [7, 11) is 0. The van der Waals surface area contributed by atoms with Crippen LogP contribution in [0.25, 0.3) is 0 Å². The predicted molar refractivity (Wildman–Crippen MR) is 73.7 cm³/mol. The van der Waals surface area contributed by atoms with Gasteiger partial charge >= 0.3 is 0 Å². The van der Waals surface area contributed by atoms with Crippen LogP contribution in [-0.4, -0.2) is 16.0 Å². The van der Waals surface area contributed by atoms with Gasteiger partial charge in [0.1, 0.15) is 12.1 Å². The summed E-state index contributed by atoms with van der Waals surface area (Å²) in [6, 6.07) is 0.620. The topological polar surface area (TPSA) is 37.8 Å². The van der Waals surface area contributed by atoms with Crippen molar-refractivity contribution in [1.29, 1.82) is 0 Å². The van der Waals surface area contributed by atoms with Crippen LogP contribution in [0.4, 0.5) is 5.82 Å². The van der Waals surface area contributed by atoms with E-state index in [1.54, 1.807) is 6.33 Å². The van der Waals surface area contributed by atoms with Crippen molar-refractivity contribution in [2.75, 3.05) is 5.32 Å². The van der Waals surface area contributed by atoms with Crippen LogP contribution < -0.4 is 5.32 Å². The lowest BCUT2D eigenvalue weighted by molar-refractivity contribution is 0.358. The molecule has 0 aromatic carbocycles. The molecule has 1 saturated carbocycles. The first-order valence-electron chi connectivity index (χ1n) is 7.42. The second kappa shape index (κ2) is 5.25. The number of nitrogens with zero attached hydrogens (tertiary/aromatic N) is 2. The molecule has 3 nitrogen and oxygen atoms in total. The molecule has 1 aromatic heterocycles. The van der Waals surface area contributed by atoms with Gasteiger partial charge in [-0.3, -0.25) is 0 Å². The molecule has 98 valence electrons. The number of hydrogen-bond acceptors (Lipinski definition) is 3. The monoisotopic (exact) mass is 245 g/mol. The van der Waals surface area contributed by atoms with Crippen LogP contribution in [0, 0.1) is 5.92 Å². The second-order valence-corrected chi connectivity index (χ2v) is 5.97. The maximum Gasteiger partial charge on any atom is 0.133 e. The van der Waals surface area contributed by atoms with Gasteiger partial charge in [-0.15, -0.1) is 0 Å². The third kappa shape index (κ3) is 2.50. The number of aromatic nitrogens is 2. The van der Waals surface area contributed by atoms with Gasteiger partial charge in [0, 0.05) is 17.3 Å². The van der Waals surface area contributed by atoms with Crippen LogP contribution in [0.1, 0.15) is 56.7 Å². The molecule has 3 heteroatoms. The normalized spacial score (nSPS) is 27.6. The van der Waals surface area contributed by atoms with E-state index < -0.39 is 0 Å². The molecule has 0 saturated heterocycles. The van der Waals surface area contributed by atoms with Crippen LogP contribution in [0.3, 0.4) is 0 Å². The first kappa shape index (κ1) is 11.9. The van der Waals surface area contributed by atoms with Gasteiger partial charge in [-0.2, -0.15) is 0 Å². The summed E-state index contributed by atoms with van der Waals surface area (Å²) in [5, 5.41) is 3.69. The van der Waals surface area contributed by atoms with Crippen molar-refractivity contribution in [1.82, 2.24) is 9.97 Å². The molecule has 2 aliphatic carbocycles. The van der Waals surface area contributed by atoms with Crippen molar-refractivity contribution in [3.05, 3.63) is 17.6 Å². The fraction of sp³-hybridized carbons (Fsp3) is 0.733. The highest BCUT2D eigenvalue weighted by Crippen LogP contribution is 2.29. The van der Waals surface area contributed by atoms with Crippen LogP contribution in [-0.2, 0) is 12.8 Å². The molecule has 2 aliphatic rings. The molecule has 3 rings (SSSR count). The number of nitrogens with one attached hydrogen (secondary N) is 1. The smallest absolute Gasteiger partial charge is 0.133 e. The largest absolute Gasteiger partial charge is 0.367 e. The highest BCUT2D eigenvalue weighted by molar-refractivity contribution is 5.47. The van der Waals surface area contributed by atoms with E-state index in [2.05, 4.69) is 22.2 Å². The third-order valence-corrected chi connectivity index (χ3v) is 4.40. The van der Waals surface area contributed by atoms with Crippen molar-refractivity contribution < 1.29 is 0 Å². The van der Waals surface area contributed by atoms with E-state index in [1.807, 2.05) is 0 Å². The van der Waals surface area contributed by atoms with Crippen LogP contribution in [0.5, 0.6) is 0 Å². The van der Waals surface area contributed by atoms with E-state index in [4.69, 9.17) is 0 Å². The number of aryl methyl sites for hydroxylation is 1. The maximum absolute atomic E-state index is 4.49. The number of fused-ring (bicyclic) bond motifs is 1. The molecule has 1 N–H and O–H groups in total. The lowest BCUT2D eigenvalue weighted by Gasteiger charge is -2.29. The summed E-state index contributed by atoms with van der Waals surface area (Å²) in [5.74, 6) is 1.98. The van der Waals surface area contributed by atoms with E-state index in [9.17, 15) is 0 Å². The van der Waals surface area contributed by atoms with Gasteiger partial charge in [0.25, 0.3) is 0 Å². The van der Waals surface area contributed by atoms with Gasteiger partial charge in [0.05, 0.1) is 0 Å². The summed E-state index contributed by atoms with van der Waals surface area (Å²) in [6.07, 6.45) is 11.9. The lowest BCUT2D eigenvalue weighted by atomic mass is 9.87. The highest BCUT2D eigenvalue weighted by Gasteiger charge is 2.21. The minimum absolute atomic E-state index is 0.620. The van der Waals surface area contributed by atoms with Crippen molar-refractivity contribution in [2.24, 2.45) is 5.92 Å². The molecule has 0 amide bonds. The minimum atomic E-state index is 0.620. The van der Waals surface area contributed by atoms with Gasteiger partial charge < -0.3 is 5.32 Å². The Hall–Kier alpha value is -1.12. The Morgan fingerprint density at radius 3 is 2.89 bits per heavy atom. The molecule has 1 aromatic rings. The molecule has 1 fully saturated rings. The zero-order valence-electron chi connectivity index (χ0n) is 11.3. The Bertz CT molecular complexity index is 416. The average molecular weight is 245 g/mol. The summed E-state index contributed by atoms with van der Waals surface area (Å²) >= 11 is 0. The minimum Gasteiger partial charge on any atom is -0.367 e. The standard InChI is InChI=1S/C15H23N3/c1-11-5-4-6-12(9-11)18-15-13-7-2-3-8-14(13)16-10-17-15/h10-12H,2-9H2,1H3,(H,16,17,18). The maximum atomic E-state index is 4.49. The van der Waals surface area contributed by atoms with E-state index >= 15 is 0 Å². The molecule has 0 radical (unpaired) electrons. The number of anilines is 1. The Morgan fingerprint density at radius 2 is 2.00 bits per heavy atom. The lowest BCUT2D eigenvalue weighted by Crippen LogP contribution is -2.27. The van der Waals surface area contributed by atoms with Gasteiger partial charge in [0.2, 0.25) is 0 Å². The van der Waals surface area contributed by atoms with E-state index in [-0.39, 0.29) is 0 Å². The highest BCUT2D eigenvalue weighted by atomic mass is 15.0. The van der Waals surface area contributed by atoms with Crippen molar-refractivity contribution in [3.8, 4) is 0 Å². The van der Waals surface area contributed by atoms with Crippen molar-refractivity contribution in [2.45, 2.75) is 64.3 Å². The second-order valence-electron chi connectivity index (χ2n) is 5.97.